The Bertz CT molecular complexity index is 977. The van der Waals surface area contributed by atoms with Crippen LogP contribution in [0, 0.1) is 11.3 Å². The zero-order valence-corrected chi connectivity index (χ0v) is 16.8. The molecule has 0 radical (unpaired) electrons. The Balaban J connectivity index is 1.71. The van der Waals surface area contributed by atoms with Crippen molar-refractivity contribution in [2.45, 2.75) is 11.4 Å². The van der Waals surface area contributed by atoms with Gasteiger partial charge in [-0.3, -0.25) is 0 Å². The summed E-state index contributed by atoms with van der Waals surface area (Å²) in [6.07, 6.45) is 0. The van der Waals surface area contributed by atoms with Crippen molar-refractivity contribution in [2.24, 2.45) is 0 Å². The number of ether oxygens (including phenoxy) is 2. The van der Waals surface area contributed by atoms with Crippen LogP contribution in [0.4, 0.5) is 0 Å². The van der Waals surface area contributed by atoms with Gasteiger partial charge in [0.15, 0.2) is 0 Å². The molecule has 0 amide bonds. The second-order valence-corrected chi connectivity index (χ2v) is 8.52. The molecular formula is C20H24N3O4S+. The van der Waals surface area contributed by atoms with Crippen molar-refractivity contribution in [3.63, 3.8) is 0 Å². The average Bonchev–Trinajstić information content (AvgIpc) is 2.74. The quantitative estimate of drug-likeness (QED) is 0.768. The minimum atomic E-state index is -3.67. The molecule has 7 nitrogen and oxygen atoms in total. The summed E-state index contributed by atoms with van der Waals surface area (Å²) in [6, 6.07) is 14.0. The van der Waals surface area contributed by atoms with E-state index in [1.165, 1.54) is 21.3 Å². The summed E-state index contributed by atoms with van der Waals surface area (Å²) in [4.78, 5) is 1.35. The normalized spacial score (nSPS) is 15.8. The molecule has 2 aromatic carbocycles. The van der Waals surface area contributed by atoms with Crippen molar-refractivity contribution in [3.05, 3.63) is 53.6 Å². The van der Waals surface area contributed by atoms with E-state index in [2.05, 4.69) is 0 Å². The second kappa shape index (κ2) is 8.61. The molecule has 0 saturated carbocycles. The minimum Gasteiger partial charge on any atom is -0.497 e. The van der Waals surface area contributed by atoms with Crippen molar-refractivity contribution in [1.29, 1.82) is 5.26 Å². The monoisotopic (exact) mass is 402 g/mol. The van der Waals surface area contributed by atoms with Crippen LogP contribution in [0.2, 0.25) is 0 Å². The summed E-state index contributed by atoms with van der Waals surface area (Å²) in [5, 5.41) is 9.22. The van der Waals surface area contributed by atoms with Crippen molar-refractivity contribution in [1.82, 2.24) is 4.31 Å². The fraction of sp³-hybridized carbons (Fsp3) is 0.350. The molecule has 1 heterocycles. The number of quaternary nitrogens is 1. The summed E-state index contributed by atoms with van der Waals surface area (Å²) in [5.41, 5.74) is 1.21. The lowest BCUT2D eigenvalue weighted by Gasteiger charge is -2.32. The van der Waals surface area contributed by atoms with E-state index >= 15 is 0 Å². The number of hydrogen-bond donors (Lipinski definition) is 1. The van der Waals surface area contributed by atoms with Crippen LogP contribution < -0.4 is 14.4 Å². The highest BCUT2D eigenvalue weighted by molar-refractivity contribution is 7.89. The van der Waals surface area contributed by atoms with E-state index in [-0.39, 0.29) is 10.5 Å². The van der Waals surface area contributed by atoms with Crippen molar-refractivity contribution in [3.8, 4) is 17.6 Å². The largest absolute Gasteiger partial charge is 0.497 e. The van der Waals surface area contributed by atoms with E-state index in [4.69, 9.17) is 9.47 Å². The molecule has 1 aliphatic rings. The Kier molecular flexibility index (Phi) is 6.19. The van der Waals surface area contributed by atoms with Crippen LogP contribution in [0.15, 0.2) is 47.4 Å². The highest BCUT2D eigenvalue weighted by atomic mass is 32.2. The molecule has 148 valence electrons. The van der Waals surface area contributed by atoms with Crippen LogP contribution in [0.5, 0.6) is 11.5 Å². The Hall–Kier alpha value is -2.60. The standard InChI is InChI=1S/C20H23N3O4S/c1-26-18-7-8-19(27-2)17(13-18)15-22-9-11-23(12-10-22)28(24,25)20-6-4-3-5-16(20)14-21/h3-8,13H,9-12,15H2,1-2H3/p+1. The second-order valence-electron chi connectivity index (χ2n) is 6.62. The van der Waals surface area contributed by atoms with Gasteiger partial charge in [0.1, 0.15) is 24.1 Å². The lowest BCUT2D eigenvalue weighted by atomic mass is 10.1. The van der Waals surface area contributed by atoms with E-state index in [1.807, 2.05) is 24.3 Å². The highest BCUT2D eigenvalue weighted by Gasteiger charge is 2.32. The van der Waals surface area contributed by atoms with Gasteiger partial charge >= 0.3 is 0 Å². The molecule has 0 spiro atoms. The number of methoxy groups -OCH3 is 2. The Morgan fingerprint density at radius 1 is 1.11 bits per heavy atom. The molecule has 1 fully saturated rings. The van der Waals surface area contributed by atoms with Gasteiger partial charge in [0.25, 0.3) is 0 Å². The number of rotatable bonds is 6. The molecule has 2 aromatic rings. The molecule has 1 aliphatic heterocycles. The molecule has 8 heteroatoms. The molecule has 1 N–H and O–H groups in total. The zero-order chi connectivity index (χ0) is 20.1. The maximum absolute atomic E-state index is 12.9. The van der Waals surface area contributed by atoms with Crippen molar-refractivity contribution in [2.75, 3.05) is 40.4 Å². The van der Waals surface area contributed by atoms with Crippen LogP contribution in [-0.2, 0) is 16.6 Å². The molecule has 0 aromatic heterocycles. The average molecular weight is 402 g/mol. The smallest absolute Gasteiger partial charge is 0.244 e. The molecule has 0 bridgehead atoms. The molecule has 28 heavy (non-hydrogen) atoms. The topological polar surface area (TPSA) is 84.1 Å². The Morgan fingerprint density at radius 3 is 2.46 bits per heavy atom. The van der Waals surface area contributed by atoms with Gasteiger partial charge in [0, 0.05) is 0 Å². The summed E-state index contributed by atoms with van der Waals surface area (Å²) in [6.45, 7) is 2.89. The number of nitriles is 1. The molecule has 3 rings (SSSR count). The van der Waals surface area contributed by atoms with Crippen LogP contribution in [0.25, 0.3) is 0 Å². The summed E-state index contributed by atoms with van der Waals surface area (Å²) in [7, 11) is -0.409. The van der Waals surface area contributed by atoms with Gasteiger partial charge in [0.2, 0.25) is 10.0 Å². The number of piperazine rings is 1. The number of benzene rings is 2. The number of nitrogens with one attached hydrogen (secondary N) is 1. The van der Waals surface area contributed by atoms with Crippen LogP contribution in [0.3, 0.4) is 0 Å². The SMILES string of the molecule is COc1ccc(OC)c(C[NH+]2CCN(S(=O)(=O)c3ccccc3C#N)CC2)c1. The molecule has 0 unspecified atom stereocenters. The third-order valence-corrected chi connectivity index (χ3v) is 6.94. The van der Waals surface area contributed by atoms with E-state index < -0.39 is 10.0 Å². The highest BCUT2D eigenvalue weighted by Crippen LogP contribution is 2.23. The van der Waals surface area contributed by atoms with Gasteiger partial charge in [-0.1, -0.05) is 12.1 Å². The summed E-state index contributed by atoms with van der Waals surface area (Å²) >= 11 is 0. The van der Waals surface area contributed by atoms with E-state index in [0.717, 1.165) is 23.6 Å². The van der Waals surface area contributed by atoms with E-state index in [1.54, 1.807) is 26.4 Å². The lowest BCUT2D eigenvalue weighted by molar-refractivity contribution is -0.917. The first-order valence-corrected chi connectivity index (χ1v) is 10.5. The van der Waals surface area contributed by atoms with Crippen LogP contribution in [-0.4, -0.2) is 53.1 Å². The molecular weight excluding hydrogens is 378 g/mol. The van der Waals surface area contributed by atoms with Gasteiger partial charge in [-0.15, -0.1) is 0 Å². The first kappa shape index (κ1) is 20.1. The number of sulfonamides is 1. The third kappa shape index (κ3) is 4.12. The molecule has 1 saturated heterocycles. The maximum atomic E-state index is 12.9. The lowest BCUT2D eigenvalue weighted by Crippen LogP contribution is -3.13. The van der Waals surface area contributed by atoms with Gasteiger partial charge in [-0.2, -0.15) is 9.57 Å². The molecule has 0 atom stereocenters. The van der Waals surface area contributed by atoms with Crippen molar-refractivity contribution >= 4 is 10.0 Å². The van der Waals surface area contributed by atoms with Gasteiger partial charge in [0.05, 0.1) is 56.4 Å². The first-order chi connectivity index (χ1) is 13.5. The Morgan fingerprint density at radius 2 is 1.82 bits per heavy atom. The van der Waals surface area contributed by atoms with Crippen molar-refractivity contribution < 1.29 is 22.8 Å². The first-order valence-electron chi connectivity index (χ1n) is 9.03. The van der Waals surface area contributed by atoms with Crippen LogP contribution >= 0.6 is 0 Å². The van der Waals surface area contributed by atoms with E-state index in [0.29, 0.717) is 26.2 Å². The third-order valence-electron chi connectivity index (χ3n) is 4.98. The van der Waals surface area contributed by atoms with Gasteiger partial charge < -0.3 is 14.4 Å². The summed E-state index contributed by atoms with van der Waals surface area (Å²) in [5.74, 6) is 1.57. The summed E-state index contributed by atoms with van der Waals surface area (Å²) < 4.78 is 38.1. The predicted molar refractivity (Wildman–Crippen MR) is 104 cm³/mol. The van der Waals surface area contributed by atoms with Crippen LogP contribution in [0.1, 0.15) is 11.1 Å². The van der Waals surface area contributed by atoms with Gasteiger partial charge in [-0.25, -0.2) is 8.42 Å². The fourth-order valence-electron chi connectivity index (χ4n) is 3.43. The number of hydrogen-bond acceptors (Lipinski definition) is 5. The minimum absolute atomic E-state index is 0.0791. The van der Waals surface area contributed by atoms with E-state index in [9.17, 15) is 13.7 Å². The van der Waals surface area contributed by atoms with Gasteiger partial charge in [-0.05, 0) is 30.3 Å². The fourth-order valence-corrected chi connectivity index (χ4v) is 5.02. The number of nitrogens with zero attached hydrogens (tertiary/aromatic N) is 2. The molecule has 0 aliphatic carbocycles. The Labute approximate surface area is 165 Å². The predicted octanol–water partition coefficient (Wildman–Crippen LogP) is 0.665. The maximum Gasteiger partial charge on any atom is 0.244 e. The zero-order valence-electron chi connectivity index (χ0n) is 16.0.